The summed E-state index contributed by atoms with van der Waals surface area (Å²) in [5, 5.41) is 5.66. The van der Waals surface area contributed by atoms with Crippen molar-refractivity contribution in [2.75, 3.05) is 25.0 Å². The molecule has 0 saturated carbocycles. The molecule has 3 amide bonds. The number of aromatic nitrogens is 2. The van der Waals surface area contributed by atoms with E-state index < -0.39 is 0 Å². The maximum Gasteiger partial charge on any atom is 0.319 e. The third-order valence-corrected chi connectivity index (χ3v) is 4.88. The second kappa shape index (κ2) is 9.23. The first kappa shape index (κ1) is 20.4. The fourth-order valence-corrected chi connectivity index (χ4v) is 3.36. The fraction of sp³-hybridized carbons (Fsp3) is 0.318. The van der Waals surface area contributed by atoms with Crippen LogP contribution in [-0.2, 0) is 6.54 Å². The van der Waals surface area contributed by atoms with Gasteiger partial charge in [0.1, 0.15) is 5.82 Å². The molecule has 0 unspecified atom stereocenters. The number of carbonyl (C=O) groups is 2. The average Bonchev–Trinajstić information content (AvgIpc) is 3.04. The van der Waals surface area contributed by atoms with Gasteiger partial charge in [0.25, 0.3) is 5.91 Å². The van der Waals surface area contributed by atoms with Crippen molar-refractivity contribution < 1.29 is 9.59 Å². The lowest BCUT2D eigenvalue weighted by Gasteiger charge is -2.19. The highest BCUT2D eigenvalue weighted by Crippen LogP contribution is 2.15. The SMILES string of the molecule is CCN(CC)C(=O)c1cccc(NC(=O)NCCn2c(C)nc3ccccc32)c1. The van der Waals surface area contributed by atoms with Gasteiger partial charge in [0.2, 0.25) is 0 Å². The van der Waals surface area contributed by atoms with Gasteiger partial charge in [-0.05, 0) is 51.1 Å². The molecule has 0 aliphatic rings. The van der Waals surface area contributed by atoms with Crippen molar-refractivity contribution in [3.63, 3.8) is 0 Å². The van der Waals surface area contributed by atoms with Crippen LogP contribution in [0.1, 0.15) is 30.0 Å². The zero-order valence-corrected chi connectivity index (χ0v) is 17.1. The van der Waals surface area contributed by atoms with Gasteiger partial charge >= 0.3 is 6.03 Å². The predicted molar refractivity (Wildman–Crippen MR) is 115 cm³/mol. The summed E-state index contributed by atoms with van der Waals surface area (Å²) in [5.41, 5.74) is 3.15. The van der Waals surface area contributed by atoms with Crippen molar-refractivity contribution >= 4 is 28.7 Å². The Labute approximate surface area is 170 Å². The Morgan fingerprint density at radius 3 is 2.59 bits per heavy atom. The predicted octanol–water partition coefficient (Wildman–Crippen LogP) is 3.65. The van der Waals surface area contributed by atoms with Crippen LogP contribution in [0.15, 0.2) is 48.5 Å². The van der Waals surface area contributed by atoms with Gasteiger partial charge in [0.15, 0.2) is 0 Å². The highest BCUT2D eigenvalue weighted by atomic mass is 16.2. The Bertz CT molecular complexity index is 1010. The highest BCUT2D eigenvalue weighted by Gasteiger charge is 2.13. The molecule has 0 saturated heterocycles. The van der Waals surface area contributed by atoms with Crippen LogP contribution in [0.2, 0.25) is 0 Å². The molecule has 0 spiro atoms. The van der Waals surface area contributed by atoms with Gasteiger partial charge in [-0.25, -0.2) is 9.78 Å². The highest BCUT2D eigenvalue weighted by molar-refractivity contribution is 5.96. The van der Waals surface area contributed by atoms with Gasteiger partial charge < -0.3 is 20.1 Å². The minimum absolute atomic E-state index is 0.0403. The number of hydrogen-bond acceptors (Lipinski definition) is 3. The van der Waals surface area contributed by atoms with Crippen molar-refractivity contribution in [2.45, 2.75) is 27.3 Å². The number of para-hydroxylation sites is 2. The summed E-state index contributed by atoms with van der Waals surface area (Å²) >= 11 is 0. The molecule has 1 heterocycles. The topological polar surface area (TPSA) is 79.3 Å². The van der Waals surface area contributed by atoms with Crippen LogP contribution in [0.25, 0.3) is 11.0 Å². The third kappa shape index (κ3) is 4.74. The van der Waals surface area contributed by atoms with E-state index in [1.54, 1.807) is 29.2 Å². The number of imidazole rings is 1. The number of amides is 3. The summed E-state index contributed by atoms with van der Waals surface area (Å²) in [6.45, 7) is 8.24. The minimum Gasteiger partial charge on any atom is -0.339 e. The molecule has 0 bridgehead atoms. The fourth-order valence-electron chi connectivity index (χ4n) is 3.36. The lowest BCUT2D eigenvalue weighted by atomic mass is 10.1. The van der Waals surface area contributed by atoms with Crippen molar-refractivity contribution in [1.82, 2.24) is 19.8 Å². The van der Waals surface area contributed by atoms with E-state index in [0.29, 0.717) is 37.4 Å². The number of aryl methyl sites for hydroxylation is 1. The molecule has 2 aromatic carbocycles. The molecule has 2 N–H and O–H groups in total. The number of rotatable bonds is 7. The molecule has 0 radical (unpaired) electrons. The quantitative estimate of drug-likeness (QED) is 0.643. The molecule has 0 atom stereocenters. The van der Waals surface area contributed by atoms with E-state index in [9.17, 15) is 9.59 Å². The molecule has 1 aromatic heterocycles. The average molecular weight is 393 g/mol. The lowest BCUT2D eigenvalue weighted by Crippen LogP contribution is -2.32. The maximum absolute atomic E-state index is 12.5. The van der Waals surface area contributed by atoms with E-state index in [1.807, 2.05) is 45.0 Å². The van der Waals surface area contributed by atoms with Crippen LogP contribution in [0.5, 0.6) is 0 Å². The summed E-state index contributed by atoms with van der Waals surface area (Å²) in [6, 6.07) is 14.6. The number of nitrogens with one attached hydrogen (secondary N) is 2. The molecule has 7 nitrogen and oxygen atoms in total. The summed E-state index contributed by atoms with van der Waals surface area (Å²) in [4.78, 5) is 31.0. The van der Waals surface area contributed by atoms with Crippen LogP contribution in [0.4, 0.5) is 10.5 Å². The van der Waals surface area contributed by atoms with Crippen LogP contribution in [0.3, 0.4) is 0 Å². The van der Waals surface area contributed by atoms with Crippen molar-refractivity contribution in [1.29, 1.82) is 0 Å². The Morgan fingerprint density at radius 1 is 1.07 bits per heavy atom. The first-order chi connectivity index (χ1) is 14.0. The molecule has 0 aliphatic carbocycles. The molecule has 29 heavy (non-hydrogen) atoms. The van der Waals surface area contributed by atoms with Crippen LogP contribution in [0, 0.1) is 6.92 Å². The maximum atomic E-state index is 12.5. The van der Waals surface area contributed by atoms with E-state index in [-0.39, 0.29) is 11.9 Å². The zero-order chi connectivity index (χ0) is 20.8. The number of benzene rings is 2. The Kier molecular flexibility index (Phi) is 6.49. The number of nitrogens with zero attached hydrogens (tertiary/aromatic N) is 3. The van der Waals surface area contributed by atoms with Gasteiger partial charge in [-0.15, -0.1) is 0 Å². The van der Waals surface area contributed by atoms with Crippen LogP contribution >= 0.6 is 0 Å². The first-order valence-electron chi connectivity index (χ1n) is 9.89. The lowest BCUT2D eigenvalue weighted by molar-refractivity contribution is 0.0773. The molecule has 3 rings (SSSR count). The summed E-state index contributed by atoms with van der Waals surface area (Å²) in [6.07, 6.45) is 0. The largest absolute Gasteiger partial charge is 0.339 e. The van der Waals surface area contributed by atoms with E-state index in [2.05, 4.69) is 20.2 Å². The Morgan fingerprint density at radius 2 is 1.83 bits per heavy atom. The molecule has 152 valence electrons. The Hall–Kier alpha value is -3.35. The van der Waals surface area contributed by atoms with Crippen molar-refractivity contribution in [2.24, 2.45) is 0 Å². The normalized spacial score (nSPS) is 10.7. The van der Waals surface area contributed by atoms with Gasteiger partial charge in [-0.2, -0.15) is 0 Å². The van der Waals surface area contributed by atoms with Gasteiger partial charge in [0.05, 0.1) is 11.0 Å². The molecule has 0 aliphatic heterocycles. The zero-order valence-electron chi connectivity index (χ0n) is 17.1. The molecule has 3 aromatic rings. The molecule has 0 fully saturated rings. The number of anilines is 1. The molecule has 7 heteroatoms. The molecular weight excluding hydrogens is 366 g/mol. The van der Waals surface area contributed by atoms with E-state index in [4.69, 9.17) is 0 Å². The van der Waals surface area contributed by atoms with E-state index >= 15 is 0 Å². The van der Waals surface area contributed by atoms with E-state index in [1.165, 1.54) is 0 Å². The second-order valence-electron chi connectivity index (χ2n) is 6.74. The third-order valence-electron chi connectivity index (χ3n) is 4.88. The summed E-state index contributed by atoms with van der Waals surface area (Å²) in [5.74, 6) is 0.873. The van der Waals surface area contributed by atoms with Crippen LogP contribution in [-0.4, -0.2) is 46.0 Å². The molecular formula is C22H27N5O2. The van der Waals surface area contributed by atoms with Crippen LogP contribution < -0.4 is 10.6 Å². The van der Waals surface area contributed by atoms with Gasteiger partial charge in [-0.1, -0.05) is 18.2 Å². The number of fused-ring (bicyclic) bond motifs is 1. The van der Waals surface area contributed by atoms with Gasteiger partial charge in [-0.3, -0.25) is 4.79 Å². The number of hydrogen-bond donors (Lipinski definition) is 2. The standard InChI is InChI=1S/C22H27N5O2/c1-4-26(5-2)21(28)17-9-8-10-18(15-17)25-22(29)23-13-14-27-16(3)24-19-11-6-7-12-20(19)27/h6-12,15H,4-5,13-14H2,1-3H3,(H2,23,25,29). The monoisotopic (exact) mass is 393 g/mol. The summed E-state index contributed by atoms with van der Waals surface area (Å²) in [7, 11) is 0. The summed E-state index contributed by atoms with van der Waals surface area (Å²) < 4.78 is 2.08. The number of urea groups is 1. The van der Waals surface area contributed by atoms with Gasteiger partial charge in [0, 0.05) is 37.4 Å². The van der Waals surface area contributed by atoms with E-state index in [0.717, 1.165) is 16.9 Å². The Balaban J connectivity index is 1.58. The smallest absolute Gasteiger partial charge is 0.319 e. The minimum atomic E-state index is -0.306. The first-order valence-corrected chi connectivity index (χ1v) is 9.89. The van der Waals surface area contributed by atoms with Crippen molar-refractivity contribution in [3.05, 3.63) is 59.9 Å². The van der Waals surface area contributed by atoms with Crippen molar-refractivity contribution in [3.8, 4) is 0 Å². The number of carbonyl (C=O) groups excluding carboxylic acids is 2. The second-order valence-corrected chi connectivity index (χ2v) is 6.74.